The van der Waals surface area contributed by atoms with Gasteiger partial charge in [0.15, 0.2) is 0 Å². The summed E-state index contributed by atoms with van der Waals surface area (Å²) < 4.78 is 41.4. The summed E-state index contributed by atoms with van der Waals surface area (Å²) in [4.78, 5) is 41.0. The third-order valence-corrected chi connectivity index (χ3v) is 10.3. The number of carbonyl (C=O) groups excluding carboxylic acids is 3. The lowest BCUT2D eigenvalue weighted by atomic mass is 9.54. The molecule has 5 nitrogen and oxygen atoms in total. The van der Waals surface area contributed by atoms with E-state index in [2.05, 4.69) is 5.32 Å². The minimum Gasteiger partial charge on any atom is -0.324 e. The third kappa shape index (κ3) is 3.90. The van der Waals surface area contributed by atoms with Gasteiger partial charge in [0.1, 0.15) is 15.8 Å². The largest absolute Gasteiger partial charge is 0.418 e. The van der Waals surface area contributed by atoms with Crippen molar-refractivity contribution in [2.75, 3.05) is 5.32 Å². The lowest BCUT2D eigenvalue weighted by molar-refractivity contribution is -0.147. The Balaban J connectivity index is 1.36. The summed E-state index contributed by atoms with van der Waals surface area (Å²) in [5, 5.41) is 2.36. The highest BCUT2D eigenvalue weighted by Crippen LogP contribution is 2.69. The number of likely N-dealkylation sites (tertiary alicyclic amines) is 1. The van der Waals surface area contributed by atoms with Gasteiger partial charge >= 0.3 is 6.18 Å². The molecule has 4 aromatic rings. The first-order valence-electron chi connectivity index (χ1n) is 13.9. The van der Waals surface area contributed by atoms with Crippen molar-refractivity contribution in [2.24, 2.45) is 11.8 Å². The van der Waals surface area contributed by atoms with Gasteiger partial charge in [0.2, 0.25) is 17.7 Å². The average Bonchev–Trinajstić information content (AvgIpc) is 3.29. The van der Waals surface area contributed by atoms with E-state index in [-0.39, 0.29) is 6.42 Å². The van der Waals surface area contributed by atoms with Crippen molar-refractivity contribution in [3.05, 3.63) is 137 Å². The quantitative estimate of drug-likeness (QED) is 0.193. The Hall–Kier alpha value is -4.14. The van der Waals surface area contributed by atoms with Crippen molar-refractivity contribution in [3.8, 4) is 0 Å². The van der Waals surface area contributed by atoms with Crippen LogP contribution < -0.4 is 5.32 Å². The molecule has 4 aromatic carbocycles. The molecule has 8 rings (SSSR count). The zero-order valence-corrected chi connectivity index (χ0v) is 24.3. The van der Waals surface area contributed by atoms with Crippen LogP contribution >= 0.6 is 23.2 Å². The molecule has 1 fully saturated rings. The van der Waals surface area contributed by atoms with Crippen molar-refractivity contribution < 1.29 is 27.6 Å². The summed E-state index contributed by atoms with van der Waals surface area (Å²) in [6.45, 7) is 0. The summed E-state index contributed by atoms with van der Waals surface area (Å²) in [6, 6.07) is 26.0. The highest BCUT2D eigenvalue weighted by molar-refractivity contribution is 6.36. The number of nitrogens with one attached hydrogen (secondary N) is 1. The minimum atomic E-state index is -4.75. The van der Waals surface area contributed by atoms with Crippen LogP contribution in [0, 0.1) is 11.8 Å². The number of nitrogens with zero attached hydrogens (tertiary/aromatic N) is 1. The van der Waals surface area contributed by atoms with Crippen molar-refractivity contribution in [1.29, 1.82) is 0 Å². The van der Waals surface area contributed by atoms with E-state index >= 15 is 0 Å². The molecule has 1 saturated heterocycles. The Bertz CT molecular complexity index is 1720. The first-order chi connectivity index (χ1) is 21.0. The smallest absolute Gasteiger partial charge is 0.324 e. The molecule has 0 unspecified atom stereocenters. The Morgan fingerprint density at radius 1 is 0.727 bits per heavy atom. The maximum atomic E-state index is 14.5. The van der Waals surface area contributed by atoms with E-state index in [1.165, 1.54) is 12.1 Å². The van der Waals surface area contributed by atoms with Crippen LogP contribution in [0.15, 0.2) is 103 Å². The molecule has 3 amide bonds. The first kappa shape index (κ1) is 28.6. The molecule has 10 heteroatoms. The standard InChI is InChI=1S/C34H23Cl2F3N2O3/c35-32-20-12-4-5-13-21(20)33(36,23-15-7-6-14-22(23)32)28-27(32)30(43)41(31(28)44)26(18-19-10-2-1-3-11-19)29(42)40-25-17-9-8-16-24(25)34(37,38)39/h1-17,26-28H,18H2,(H,40,42)/t26-,27-,28-,32?,33?/m0/s1. The number of hydrogen-bond donors (Lipinski definition) is 1. The van der Waals surface area contributed by atoms with E-state index in [0.29, 0.717) is 27.8 Å². The fourth-order valence-corrected chi connectivity index (χ4v) is 8.29. The predicted molar refractivity (Wildman–Crippen MR) is 159 cm³/mol. The number of benzene rings is 4. The van der Waals surface area contributed by atoms with Crippen LogP contribution in [0.4, 0.5) is 18.9 Å². The Morgan fingerprint density at radius 2 is 1.16 bits per heavy atom. The molecule has 0 radical (unpaired) electrons. The molecule has 3 aliphatic carbocycles. The van der Waals surface area contributed by atoms with Gasteiger partial charge in [0, 0.05) is 6.42 Å². The fraction of sp³-hybridized carbons (Fsp3) is 0.206. The van der Waals surface area contributed by atoms with E-state index in [9.17, 15) is 27.6 Å². The van der Waals surface area contributed by atoms with Gasteiger partial charge in [-0.1, -0.05) is 91.0 Å². The maximum Gasteiger partial charge on any atom is 0.418 e. The molecule has 0 spiro atoms. The zero-order chi connectivity index (χ0) is 31.0. The number of anilines is 1. The Morgan fingerprint density at radius 3 is 1.64 bits per heavy atom. The maximum absolute atomic E-state index is 14.5. The molecule has 222 valence electrons. The molecular formula is C34H23Cl2F3N2O3. The number of hydrogen-bond acceptors (Lipinski definition) is 3. The number of rotatable bonds is 5. The normalized spacial score (nSPS) is 25.7. The predicted octanol–water partition coefficient (Wildman–Crippen LogP) is 6.85. The number of imide groups is 1. The second-order valence-electron chi connectivity index (χ2n) is 11.3. The van der Waals surface area contributed by atoms with Crippen LogP contribution in [0.3, 0.4) is 0 Å². The van der Waals surface area contributed by atoms with E-state index in [4.69, 9.17) is 23.2 Å². The van der Waals surface area contributed by atoms with E-state index < -0.39 is 62.8 Å². The van der Waals surface area contributed by atoms with Gasteiger partial charge in [-0.3, -0.25) is 19.3 Å². The summed E-state index contributed by atoms with van der Waals surface area (Å²) in [5.41, 5.74) is 1.46. The topological polar surface area (TPSA) is 66.5 Å². The Kier molecular flexibility index (Phi) is 6.47. The van der Waals surface area contributed by atoms with E-state index in [1.807, 2.05) is 0 Å². The van der Waals surface area contributed by atoms with Gasteiger partial charge in [0.05, 0.1) is 23.1 Å². The first-order valence-corrected chi connectivity index (χ1v) is 14.7. The molecule has 4 aliphatic rings. The van der Waals surface area contributed by atoms with Crippen LogP contribution in [0.1, 0.15) is 33.4 Å². The molecule has 3 atom stereocenters. The van der Waals surface area contributed by atoms with Crippen LogP contribution in [0.5, 0.6) is 0 Å². The molecule has 0 aromatic heterocycles. The minimum absolute atomic E-state index is 0.137. The summed E-state index contributed by atoms with van der Waals surface area (Å²) >= 11 is 15.0. The molecule has 1 N–H and O–H groups in total. The van der Waals surface area contributed by atoms with Gasteiger partial charge in [-0.05, 0) is 39.9 Å². The van der Waals surface area contributed by atoms with Gasteiger partial charge < -0.3 is 5.32 Å². The number of amides is 3. The monoisotopic (exact) mass is 634 g/mol. The highest BCUT2D eigenvalue weighted by Gasteiger charge is 2.73. The molecular weight excluding hydrogens is 612 g/mol. The average molecular weight is 635 g/mol. The van der Waals surface area contributed by atoms with Crippen LogP contribution in [-0.4, -0.2) is 28.7 Å². The molecule has 1 aliphatic heterocycles. The lowest BCUT2D eigenvalue weighted by Gasteiger charge is -2.54. The van der Waals surface area contributed by atoms with Crippen LogP contribution in [-0.2, 0) is 36.7 Å². The fourth-order valence-electron chi connectivity index (χ4n) is 7.19. The SMILES string of the molecule is O=C(Nc1ccccc1C(F)(F)F)[C@H](Cc1ccccc1)N1C(=O)[C@@H]2[C@@H](C1=O)C1(Cl)c3ccccc3C2(Cl)c2ccccc21. The number of carbonyl (C=O) groups is 3. The second-order valence-corrected chi connectivity index (χ2v) is 12.4. The zero-order valence-electron chi connectivity index (χ0n) is 22.8. The molecule has 44 heavy (non-hydrogen) atoms. The van der Waals surface area contributed by atoms with Crippen LogP contribution in [0.2, 0.25) is 0 Å². The Labute approximate surface area is 260 Å². The van der Waals surface area contributed by atoms with Gasteiger partial charge in [-0.15, -0.1) is 23.2 Å². The van der Waals surface area contributed by atoms with Gasteiger partial charge in [-0.2, -0.15) is 13.2 Å². The van der Waals surface area contributed by atoms with Gasteiger partial charge in [-0.25, -0.2) is 0 Å². The molecule has 0 saturated carbocycles. The molecule has 1 heterocycles. The summed E-state index contributed by atoms with van der Waals surface area (Å²) in [5.74, 6) is -4.67. The van der Waals surface area contributed by atoms with Crippen molar-refractivity contribution in [3.63, 3.8) is 0 Å². The summed E-state index contributed by atoms with van der Waals surface area (Å²) in [7, 11) is 0. The van der Waals surface area contributed by atoms with E-state index in [1.54, 1.807) is 78.9 Å². The number of para-hydroxylation sites is 1. The lowest BCUT2D eigenvalue weighted by Crippen LogP contribution is -2.57. The molecule has 2 bridgehead atoms. The second kappa shape index (κ2) is 9.94. The van der Waals surface area contributed by atoms with Crippen LogP contribution in [0.25, 0.3) is 0 Å². The van der Waals surface area contributed by atoms with Crippen molar-refractivity contribution >= 4 is 46.6 Å². The number of alkyl halides is 5. The number of halogens is 5. The highest BCUT2D eigenvalue weighted by atomic mass is 35.5. The van der Waals surface area contributed by atoms with Crippen molar-refractivity contribution in [1.82, 2.24) is 4.90 Å². The van der Waals surface area contributed by atoms with E-state index in [0.717, 1.165) is 17.0 Å². The van der Waals surface area contributed by atoms with Crippen molar-refractivity contribution in [2.45, 2.75) is 28.4 Å². The third-order valence-electron chi connectivity index (χ3n) is 9.00. The summed E-state index contributed by atoms with van der Waals surface area (Å²) in [6.07, 6.45) is -4.89. The van der Waals surface area contributed by atoms with Gasteiger partial charge in [0.25, 0.3) is 0 Å².